The number of hydrogen-bond donors (Lipinski definition) is 0. The molecule has 0 saturated carbocycles. The van der Waals surface area contributed by atoms with Crippen molar-refractivity contribution in [2.24, 2.45) is 0 Å². The summed E-state index contributed by atoms with van der Waals surface area (Å²) in [7, 11) is 0. The zero-order chi connectivity index (χ0) is 17.1. The van der Waals surface area contributed by atoms with Crippen LogP contribution in [0.2, 0.25) is 0 Å². The number of carbonyl (C=O) groups is 1. The molecule has 0 aliphatic heterocycles. The largest absolute Gasteiger partial charge is 0.489 e. The van der Waals surface area contributed by atoms with E-state index in [1.165, 1.54) is 0 Å². The van der Waals surface area contributed by atoms with Gasteiger partial charge in [0.1, 0.15) is 29.3 Å². The number of esters is 1. The second-order valence-electron chi connectivity index (χ2n) is 5.33. The Labute approximate surface area is 148 Å². The average molecular weight is 389 g/mol. The molecule has 124 valence electrons. The summed E-state index contributed by atoms with van der Waals surface area (Å²) in [5.74, 6) is 0.847. The van der Waals surface area contributed by atoms with Crippen LogP contribution in [0.4, 0.5) is 0 Å². The van der Waals surface area contributed by atoms with Gasteiger partial charge in [-0.3, -0.25) is 0 Å². The van der Waals surface area contributed by atoms with E-state index in [9.17, 15) is 4.79 Å². The van der Waals surface area contributed by atoms with Gasteiger partial charge in [-0.2, -0.15) is 0 Å². The number of fused-ring (bicyclic) bond motifs is 1. The van der Waals surface area contributed by atoms with Crippen LogP contribution < -0.4 is 4.74 Å². The monoisotopic (exact) mass is 388 g/mol. The molecule has 5 heteroatoms. The number of carbonyl (C=O) groups excluding carboxylic acids is 1. The van der Waals surface area contributed by atoms with Gasteiger partial charge in [-0.05, 0) is 49.7 Å². The second kappa shape index (κ2) is 7.09. The molecule has 4 nitrogen and oxygen atoms in total. The molecule has 0 fully saturated rings. The lowest BCUT2D eigenvalue weighted by Crippen LogP contribution is -2.05. The number of halogens is 1. The van der Waals surface area contributed by atoms with E-state index in [0.717, 1.165) is 10.0 Å². The molecule has 0 N–H and O–H groups in total. The quantitative estimate of drug-likeness (QED) is 0.559. The number of ether oxygens (including phenoxy) is 2. The lowest BCUT2D eigenvalue weighted by molar-refractivity contribution is 0.0526. The summed E-state index contributed by atoms with van der Waals surface area (Å²) >= 11 is 3.44. The van der Waals surface area contributed by atoms with Gasteiger partial charge in [0, 0.05) is 9.86 Å². The zero-order valence-corrected chi connectivity index (χ0v) is 15.1. The fourth-order valence-corrected chi connectivity index (χ4v) is 2.99. The smallest absolute Gasteiger partial charge is 0.342 e. The van der Waals surface area contributed by atoms with Crippen molar-refractivity contribution < 1.29 is 18.7 Å². The van der Waals surface area contributed by atoms with Crippen molar-refractivity contribution in [3.05, 3.63) is 63.8 Å². The van der Waals surface area contributed by atoms with Crippen LogP contribution in [0.3, 0.4) is 0 Å². The fraction of sp³-hybridized carbons (Fsp3) is 0.211. The molecule has 0 spiro atoms. The maximum atomic E-state index is 12.1. The molecule has 2 aromatic carbocycles. The van der Waals surface area contributed by atoms with Gasteiger partial charge in [0.25, 0.3) is 0 Å². The first kappa shape index (κ1) is 16.6. The number of rotatable bonds is 5. The molecule has 3 aromatic rings. The molecule has 0 aliphatic rings. The Bertz CT molecular complexity index is 882. The first-order valence-electron chi connectivity index (χ1n) is 7.66. The molecule has 0 atom stereocenters. The van der Waals surface area contributed by atoms with Crippen LogP contribution in [-0.2, 0) is 11.3 Å². The lowest BCUT2D eigenvalue weighted by Gasteiger charge is -2.07. The van der Waals surface area contributed by atoms with Crippen LogP contribution in [-0.4, -0.2) is 12.6 Å². The minimum atomic E-state index is -0.377. The number of hydrogen-bond acceptors (Lipinski definition) is 4. The van der Waals surface area contributed by atoms with Crippen LogP contribution in [0.25, 0.3) is 11.0 Å². The molecule has 24 heavy (non-hydrogen) atoms. The van der Waals surface area contributed by atoms with Crippen molar-refractivity contribution in [3.8, 4) is 5.75 Å². The molecule has 1 aromatic heterocycles. The summed E-state index contributed by atoms with van der Waals surface area (Å²) in [5.41, 5.74) is 2.16. The Balaban J connectivity index is 1.87. The van der Waals surface area contributed by atoms with Gasteiger partial charge in [-0.25, -0.2) is 4.79 Å². The van der Waals surface area contributed by atoms with Crippen LogP contribution in [0, 0.1) is 6.92 Å². The van der Waals surface area contributed by atoms with E-state index >= 15 is 0 Å². The summed E-state index contributed by atoms with van der Waals surface area (Å²) in [4.78, 5) is 12.1. The molecular weight excluding hydrogens is 372 g/mol. The Kier molecular flexibility index (Phi) is 4.90. The normalized spacial score (nSPS) is 10.8. The van der Waals surface area contributed by atoms with E-state index in [-0.39, 0.29) is 5.97 Å². The van der Waals surface area contributed by atoms with Crippen LogP contribution in [0.15, 0.2) is 51.4 Å². The fourth-order valence-electron chi connectivity index (χ4n) is 2.54. The summed E-state index contributed by atoms with van der Waals surface area (Å²) < 4.78 is 17.6. The van der Waals surface area contributed by atoms with E-state index in [4.69, 9.17) is 13.9 Å². The van der Waals surface area contributed by atoms with E-state index in [0.29, 0.717) is 41.3 Å². The zero-order valence-electron chi connectivity index (χ0n) is 13.5. The average Bonchev–Trinajstić information content (AvgIpc) is 2.88. The van der Waals surface area contributed by atoms with E-state index < -0.39 is 0 Å². The molecule has 0 aliphatic carbocycles. The van der Waals surface area contributed by atoms with Gasteiger partial charge in [-0.15, -0.1) is 0 Å². The Hall–Kier alpha value is -2.27. The summed E-state index contributed by atoms with van der Waals surface area (Å²) in [6, 6.07) is 13.4. The third kappa shape index (κ3) is 3.46. The van der Waals surface area contributed by atoms with Crippen molar-refractivity contribution in [1.29, 1.82) is 0 Å². The van der Waals surface area contributed by atoms with Crippen LogP contribution in [0.1, 0.15) is 28.6 Å². The van der Waals surface area contributed by atoms with Crippen molar-refractivity contribution in [3.63, 3.8) is 0 Å². The summed E-state index contributed by atoms with van der Waals surface area (Å²) in [5, 5.41) is 0.706. The Morgan fingerprint density at radius 2 is 2.04 bits per heavy atom. The van der Waals surface area contributed by atoms with E-state index in [1.54, 1.807) is 19.9 Å². The van der Waals surface area contributed by atoms with Gasteiger partial charge < -0.3 is 13.9 Å². The molecule has 3 rings (SSSR count). The SMILES string of the molecule is CCOC(=O)c1c(C)oc2ccc(OCc3cccc(Br)c3)cc12. The van der Waals surface area contributed by atoms with Gasteiger partial charge in [-0.1, -0.05) is 28.1 Å². The number of furan rings is 1. The first-order chi connectivity index (χ1) is 11.6. The third-order valence-corrected chi connectivity index (χ3v) is 4.10. The highest BCUT2D eigenvalue weighted by Crippen LogP contribution is 2.30. The lowest BCUT2D eigenvalue weighted by atomic mass is 10.1. The van der Waals surface area contributed by atoms with Gasteiger partial charge in [0.15, 0.2) is 0 Å². The number of aryl methyl sites for hydroxylation is 1. The van der Waals surface area contributed by atoms with Crippen molar-refractivity contribution in [1.82, 2.24) is 0 Å². The topological polar surface area (TPSA) is 48.7 Å². The highest BCUT2D eigenvalue weighted by atomic mass is 79.9. The molecule has 0 radical (unpaired) electrons. The molecule has 0 bridgehead atoms. The highest BCUT2D eigenvalue weighted by Gasteiger charge is 2.19. The standard InChI is InChI=1S/C19H17BrO4/c1-3-22-19(21)18-12(2)24-17-8-7-15(10-16(17)18)23-11-13-5-4-6-14(20)9-13/h4-10H,3,11H2,1-2H3. The van der Waals surface area contributed by atoms with Crippen LogP contribution in [0.5, 0.6) is 5.75 Å². The van der Waals surface area contributed by atoms with Gasteiger partial charge >= 0.3 is 5.97 Å². The molecule has 0 amide bonds. The number of benzene rings is 2. The summed E-state index contributed by atoms with van der Waals surface area (Å²) in [6.07, 6.45) is 0. The van der Waals surface area contributed by atoms with Gasteiger partial charge in [0.2, 0.25) is 0 Å². The Morgan fingerprint density at radius 1 is 1.21 bits per heavy atom. The van der Waals surface area contributed by atoms with Gasteiger partial charge in [0.05, 0.1) is 6.61 Å². The first-order valence-corrected chi connectivity index (χ1v) is 8.45. The van der Waals surface area contributed by atoms with Crippen molar-refractivity contribution in [2.75, 3.05) is 6.61 Å². The minimum Gasteiger partial charge on any atom is -0.489 e. The van der Waals surface area contributed by atoms with E-state index in [1.807, 2.05) is 36.4 Å². The maximum absolute atomic E-state index is 12.1. The molecular formula is C19H17BrO4. The van der Waals surface area contributed by atoms with Crippen molar-refractivity contribution in [2.45, 2.75) is 20.5 Å². The van der Waals surface area contributed by atoms with E-state index in [2.05, 4.69) is 15.9 Å². The highest BCUT2D eigenvalue weighted by molar-refractivity contribution is 9.10. The maximum Gasteiger partial charge on any atom is 0.342 e. The predicted octanol–water partition coefficient (Wildman–Crippen LogP) is 5.26. The second-order valence-corrected chi connectivity index (χ2v) is 6.25. The van der Waals surface area contributed by atoms with Crippen molar-refractivity contribution >= 4 is 32.9 Å². The third-order valence-electron chi connectivity index (χ3n) is 3.61. The minimum absolute atomic E-state index is 0.323. The summed E-state index contributed by atoms with van der Waals surface area (Å²) in [6.45, 7) is 4.30. The molecule has 1 heterocycles. The van der Waals surface area contributed by atoms with Crippen LogP contribution >= 0.6 is 15.9 Å². The molecule has 0 saturated heterocycles. The molecule has 0 unspecified atom stereocenters. The Morgan fingerprint density at radius 3 is 2.79 bits per heavy atom. The predicted molar refractivity (Wildman–Crippen MR) is 95.4 cm³/mol.